The van der Waals surface area contributed by atoms with Gasteiger partial charge >= 0.3 is 0 Å². The molecular formula is C10H8N4. The summed E-state index contributed by atoms with van der Waals surface area (Å²) in [4.78, 5) is 8.51. The molecule has 4 heteroatoms. The summed E-state index contributed by atoms with van der Waals surface area (Å²) in [5, 5.41) is 1.78. The molecule has 1 N–H and O–H groups in total. The predicted molar refractivity (Wildman–Crippen MR) is 56.0 cm³/mol. The van der Waals surface area contributed by atoms with Crippen LogP contribution in [0.5, 0.6) is 0 Å². The molecule has 0 bridgehead atoms. The van der Waals surface area contributed by atoms with Crippen molar-refractivity contribution in [3.63, 3.8) is 0 Å². The van der Waals surface area contributed by atoms with Crippen molar-refractivity contribution < 1.29 is 0 Å². The largest absolute Gasteiger partial charge is 0.281 e. The lowest BCUT2D eigenvalue weighted by Crippen LogP contribution is -2.28. The monoisotopic (exact) mass is 184 g/mol. The van der Waals surface area contributed by atoms with Gasteiger partial charge in [-0.15, -0.1) is 0 Å². The Morgan fingerprint density at radius 1 is 1.14 bits per heavy atom. The topological polar surface area (TPSA) is 40.0 Å². The van der Waals surface area contributed by atoms with Crippen molar-refractivity contribution in [1.82, 2.24) is 10.4 Å². The van der Waals surface area contributed by atoms with Gasteiger partial charge in [-0.2, -0.15) is 0 Å². The fraction of sp³-hybridized carbons (Fsp3) is 0. The smallest absolute Gasteiger partial charge is 0.155 e. The number of hydrazine groups is 1. The van der Waals surface area contributed by atoms with E-state index >= 15 is 0 Å². The van der Waals surface area contributed by atoms with Gasteiger partial charge in [0, 0.05) is 5.56 Å². The molecule has 0 aromatic heterocycles. The highest BCUT2D eigenvalue weighted by Gasteiger charge is 2.13. The Balaban J connectivity index is 2.19. The third-order valence-corrected chi connectivity index (χ3v) is 2.17. The summed E-state index contributed by atoms with van der Waals surface area (Å²) in [6.45, 7) is 0. The zero-order valence-electron chi connectivity index (χ0n) is 7.38. The molecular weight excluding hydrogens is 176 g/mol. The molecule has 4 nitrogen and oxygen atoms in total. The minimum Gasteiger partial charge on any atom is -0.281 e. The van der Waals surface area contributed by atoms with Crippen LogP contribution < -0.4 is 5.43 Å². The average Bonchev–Trinajstić information content (AvgIpc) is 2.58. The van der Waals surface area contributed by atoms with Crippen molar-refractivity contribution in [1.29, 1.82) is 0 Å². The van der Waals surface area contributed by atoms with E-state index < -0.39 is 0 Å². The Hall–Kier alpha value is -2.10. The summed E-state index contributed by atoms with van der Waals surface area (Å²) >= 11 is 0. The molecule has 14 heavy (non-hydrogen) atoms. The molecule has 2 aliphatic heterocycles. The molecule has 68 valence electrons. The van der Waals surface area contributed by atoms with Crippen molar-refractivity contribution in [2.75, 3.05) is 0 Å². The maximum atomic E-state index is 4.34. The number of aliphatic imine (C=N–C) groups is 2. The molecule has 0 saturated carbocycles. The number of hydrogen-bond donors (Lipinski definition) is 1. The maximum Gasteiger partial charge on any atom is 0.155 e. The van der Waals surface area contributed by atoms with Crippen LogP contribution in [0.4, 0.5) is 5.69 Å². The fourth-order valence-electron chi connectivity index (χ4n) is 1.47. The molecule has 1 aromatic carbocycles. The van der Waals surface area contributed by atoms with Crippen LogP contribution in [-0.4, -0.2) is 17.7 Å². The van der Waals surface area contributed by atoms with Gasteiger partial charge in [0.1, 0.15) is 12.7 Å². The second-order valence-corrected chi connectivity index (χ2v) is 3.06. The maximum absolute atomic E-state index is 4.34. The van der Waals surface area contributed by atoms with Gasteiger partial charge in [-0.25, -0.2) is 15.0 Å². The van der Waals surface area contributed by atoms with Crippen molar-refractivity contribution in [3.8, 4) is 0 Å². The van der Waals surface area contributed by atoms with Crippen molar-refractivity contribution in [2.24, 2.45) is 9.98 Å². The first-order valence-electron chi connectivity index (χ1n) is 4.36. The number of hydrogen-bond acceptors (Lipinski definition) is 4. The number of rotatable bonds is 0. The van der Waals surface area contributed by atoms with Crippen LogP contribution >= 0.6 is 0 Å². The van der Waals surface area contributed by atoms with Crippen LogP contribution in [0.2, 0.25) is 0 Å². The number of benzene rings is 1. The van der Waals surface area contributed by atoms with Gasteiger partial charge in [0.05, 0.1) is 5.69 Å². The number of nitrogens with zero attached hydrogens (tertiary/aromatic N) is 3. The Bertz CT molecular complexity index is 459. The molecule has 3 rings (SSSR count). The lowest BCUT2D eigenvalue weighted by Gasteiger charge is -2.09. The van der Waals surface area contributed by atoms with Crippen molar-refractivity contribution >= 4 is 24.4 Å². The normalized spacial score (nSPS) is 16.9. The molecule has 0 atom stereocenters. The lowest BCUT2D eigenvalue weighted by molar-refractivity contribution is 0.515. The van der Waals surface area contributed by atoms with Crippen molar-refractivity contribution in [3.05, 3.63) is 35.6 Å². The minimum atomic E-state index is 0.860. The first-order chi connectivity index (χ1) is 6.93. The van der Waals surface area contributed by atoms with E-state index in [0.717, 1.165) is 17.1 Å². The van der Waals surface area contributed by atoms with Gasteiger partial charge in [-0.3, -0.25) is 5.43 Å². The molecule has 0 spiro atoms. The fourth-order valence-corrected chi connectivity index (χ4v) is 1.47. The Morgan fingerprint density at radius 3 is 3.07 bits per heavy atom. The first-order valence-corrected chi connectivity index (χ1v) is 4.36. The predicted octanol–water partition coefficient (Wildman–Crippen LogP) is 1.51. The van der Waals surface area contributed by atoms with Gasteiger partial charge in [0.2, 0.25) is 0 Å². The molecule has 0 fully saturated rings. The Kier molecular flexibility index (Phi) is 1.41. The van der Waals surface area contributed by atoms with Gasteiger partial charge in [-0.05, 0) is 12.1 Å². The number of para-hydroxylation sites is 1. The van der Waals surface area contributed by atoms with E-state index in [9.17, 15) is 0 Å². The third-order valence-electron chi connectivity index (χ3n) is 2.17. The summed E-state index contributed by atoms with van der Waals surface area (Å²) in [6.07, 6.45) is 5.37. The van der Waals surface area contributed by atoms with Gasteiger partial charge in [0.25, 0.3) is 0 Å². The average molecular weight is 184 g/mol. The molecule has 1 aromatic rings. The zero-order valence-corrected chi connectivity index (χ0v) is 7.38. The molecule has 2 aliphatic rings. The van der Waals surface area contributed by atoms with Crippen LogP contribution in [0.3, 0.4) is 0 Å². The van der Waals surface area contributed by atoms with Gasteiger partial charge < -0.3 is 0 Å². The van der Waals surface area contributed by atoms with Gasteiger partial charge in [0.15, 0.2) is 5.82 Å². The van der Waals surface area contributed by atoms with E-state index in [1.165, 1.54) is 0 Å². The van der Waals surface area contributed by atoms with Crippen molar-refractivity contribution in [2.45, 2.75) is 0 Å². The highest BCUT2D eigenvalue weighted by atomic mass is 15.6. The minimum absolute atomic E-state index is 0.860. The second-order valence-electron chi connectivity index (χ2n) is 3.06. The van der Waals surface area contributed by atoms with E-state index in [1.54, 1.807) is 17.7 Å². The van der Waals surface area contributed by atoms with Gasteiger partial charge in [-0.1, -0.05) is 18.2 Å². The van der Waals surface area contributed by atoms with Crippen LogP contribution in [0.15, 0.2) is 40.1 Å². The molecule has 0 aliphatic carbocycles. The lowest BCUT2D eigenvalue weighted by atomic mass is 10.2. The van der Waals surface area contributed by atoms with E-state index in [2.05, 4.69) is 15.4 Å². The molecule has 0 saturated heterocycles. The van der Waals surface area contributed by atoms with E-state index in [1.807, 2.05) is 30.3 Å². The summed E-state index contributed by atoms with van der Waals surface area (Å²) in [5.41, 5.74) is 5.01. The van der Waals surface area contributed by atoms with E-state index in [0.29, 0.717) is 0 Å². The third kappa shape index (κ3) is 1.01. The van der Waals surface area contributed by atoms with E-state index in [-0.39, 0.29) is 0 Å². The molecule has 2 heterocycles. The van der Waals surface area contributed by atoms with Crippen LogP contribution in [-0.2, 0) is 0 Å². The quantitative estimate of drug-likeness (QED) is 0.663. The summed E-state index contributed by atoms with van der Waals surface area (Å²) in [5.74, 6) is 0.860. The Morgan fingerprint density at radius 2 is 2.07 bits per heavy atom. The number of fused-ring (bicyclic) bond motifs is 2. The highest BCUT2D eigenvalue weighted by Crippen LogP contribution is 2.25. The highest BCUT2D eigenvalue weighted by molar-refractivity contribution is 5.79. The number of nitrogens with one attached hydrogen (secondary N) is 1. The SMILES string of the molecule is C1=NC2=Cc3ccccc3N=CN2N1. The summed E-state index contributed by atoms with van der Waals surface area (Å²) in [6, 6.07) is 7.97. The zero-order chi connectivity index (χ0) is 9.38. The van der Waals surface area contributed by atoms with E-state index in [4.69, 9.17) is 0 Å². The summed E-state index contributed by atoms with van der Waals surface area (Å²) in [7, 11) is 0. The first kappa shape index (κ1) is 7.32. The standard InChI is InChI=1S/C10H8N4/c1-2-4-9-8(3-1)5-10-11-6-13-14(10)7-12-9/h1-7H,(H,11,13). The second kappa shape index (κ2) is 2.70. The van der Waals surface area contributed by atoms with Crippen LogP contribution in [0.25, 0.3) is 6.08 Å². The molecule has 0 unspecified atom stereocenters. The van der Waals surface area contributed by atoms with Crippen LogP contribution in [0.1, 0.15) is 5.56 Å². The van der Waals surface area contributed by atoms with Crippen LogP contribution in [0, 0.1) is 0 Å². The Labute approximate surface area is 81.3 Å². The molecule has 0 radical (unpaired) electrons. The summed E-state index contributed by atoms with van der Waals surface area (Å²) < 4.78 is 0. The molecule has 0 amide bonds.